The standard InChI is InChI=1S/C20H20ClN3O3S/c1-12-7-13(2)18(14(3)8-12)28(25,26)24-10-16(11-24)20-22-19(23-27-20)15-5-4-6-17(21)9-15/h4-9,16H,10-11H2,1-3H3. The molecule has 1 fully saturated rings. The van der Waals surface area contributed by atoms with E-state index in [2.05, 4.69) is 10.1 Å². The Kier molecular flexibility index (Phi) is 4.77. The summed E-state index contributed by atoms with van der Waals surface area (Å²) >= 11 is 6.01. The summed E-state index contributed by atoms with van der Waals surface area (Å²) in [5.41, 5.74) is 3.34. The molecule has 0 radical (unpaired) electrons. The highest BCUT2D eigenvalue weighted by Crippen LogP contribution is 2.34. The molecule has 0 amide bonds. The summed E-state index contributed by atoms with van der Waals surface area (Å²) in [6, 6.07) is 11.0. The lowest BCUT2D eigenvalue weighted by atomic mass is 10.0. The maximum atomic E-state index is 13.1. The highest BCUT2D eigenvalue weighted by Gasteiger charge is 2.41. The third kappa shape index (κ3) is 3.34. The molecule has 6 nitrogen and oxygen atoms in total. The molecule has 0 bridgehead atoms. The second-order valence-electron chi connectivity index (χ2n) is 7.21. The molecule has 1 aliphatic heterocycles. The van der Waals surface area contributed by atoms with Crippen molar-refractivity contribution in [1.82, 2.24) is 14.4 Å². The van der Waals surface area contributed by atoms with Gasteiger partial charge >= 0.3 is 0 Å². The summed E-state index contributed by atoms with van der Waals surface area (Å²) in [4.78, 5) is 4.81. The minimum atomic E-state index is -3.55. The van der Waals surface area contributed by atoms with Crippen LogP contribution in [0.25, 0.3) is 11.4 Å². The summed E-state index contributed by atoms with van der Waals surface area (Å²) in [6.07, 6.45) is 0. The Morgan fingerprint density at radius 1 is 1.11 bits per heavy atom. The molecule has 0 unspecified atom stereocenters. The van der Waals surface area contributed by atoms with Gasteiger partial charge in [-0.2, -0.15) is 9.29 Å². The van der Waals surface area contributed by atoms with Crippen LogP contribution >= 0.6 is 11.6 Å². The molecule has 1 saturated heterocycles. The minimum absolute atomic E-state index is 0.110. The van der Waals surface area contributed by atoms with Crippen molar-refractivity contribution in [3.8, 4) is 11.4 Å². The summed E-state index contributed by atoms with van der Waals surface area (Å²) in [7, 11) is -3.55. The van der Waals surface area contributed by atoms with E-state index in [4.69, 9.17) is 16.1 Å². The van der Waals surface area contributed by atoms with Crippen LogP contribution < -0.4 is 0 Å². The molecule has 2 heterocycles. The van der Waals surface area contributed by atoms with Gasteiger partial charge in [-0.15, -0.1) is 0 Å². The monoisotopic (exact) mass is 417 g/mol. The van der Waals surface area contributed by atoms with Gasteiger partial charge in [0.15, 0.2) is 0 Å². The van der Waals surface area contributed by atoms with Crippen LogP contribution in [0.1, 0.15) is 28.5 Å². The number of aromatic nitrogens is 2. The molecule has 2 aromatic carbocycles. The number of halogens is 1. The molecule has 1 aliphatic rings. The smallest absolute Gasteiger partial charge is 0.243 e. The lowest BCUT2D eigenvalue weighted by Gasteiger charge is -2.36. The van der Waals surface area contributed by atoms with Crippen molar-refractivity contribution in [1.29, 1.82) is 0 Å². The molecule has 3 aromatic rings. The highest BCUT2D eigenvalue weighted by molar-refractivity contribution is 7.89. The van der Waals surface area contributed by atoms with E-state index in [1.165, 1.54) is 4.31 Å². The van der Waals surface area contributed by atoms with E-state index >= 15 is 0 Å². The largest absolute Gasteiger partial charge is 0.339 e. The lowest BCUT2D eigenvalue weighted by molar-refractivity contribution is 0.216. The first-order valence-electron chi connectivity index (χ1n) is 8.93. The molecule has 0 N–H and O–H groups in total. The van der Waals surface area contributed by atoms with Gasteiger partial charge in [-0.25, -0.2) is 8.42 Å². The normalized spacial score (nSPS) is 15.6. The molecule has 8 heteroatoms. The van der Waals surface area contributed by atoms with E-state index < -0.39 is 10.0 Å². The number of nitrogens with zero attached hydrogens (tertiary/aromatic N) is 3. The molecule has 4 rings (SSSR count). The fourth-order valence-corrected chi connectivity index (χ4v) is 5.77. The number of hydrogen-bond acceptors (Lipinski definition) is 5. The number of rotatable bonds is 4. The van der Waals surface area contributed by atoms with Crippen LogP contribution in [0.2, 0.25) is 5.02 Å². The fraction of sp³-hybridized carbons (Fsp3) is 0.300. The van der Waals surface area contributed by atoms with Gasteiger partial charge < -0.3 is 4.52 Å². The Hall–Kier alpha value is -2.22. The first-order chi connectivity index (χ1) is 13.3. The molecule has 146 valence electrons. The van der Waals surface area contributed by atoms with Crippen molar-refractivity contribution in [2.24, 2.45) is 0 Å². The Morgan fingerprint density at radius 3 is 2.43 bits per heavy atom. The van der Waals surface area contributed by atoms with Crippen LogP contribution in [0, 0.1) is 20.8 Å². The molecule has 1 aromatic heterocycles. The van der Waals surface area contributed by atoms with Crippen molar-refractivity contribution in [2.45, 2.75) is 31.6 Å². The Labute approximate surface area is 169 Å². The quantitative estimate of drug-likeness (QED) is 0.638. The molecule has 0 saturated carbocycles. The van der Waals surface area contributed by atoms with E-state index in [1.54, 1.807) is 12.1 Å². The Morgan fingerprint density at radius 2 is 1.79 bits per heavy atom. The molecule has 0 atom stereocenters. The molecular weight excluding hydrogens is 398 g/mol. The van der Waals surface area contributed by atoms with Crippen LogP contribution in [0.5, 0.6) is 0 Å². The first kappa shape index (κ1) is 19.1. The summed E-state index contributed by atoms with van der Waals surface area (Å²) in [6.45, 7) is 6.28. The van der Waals surface area contributed by atoms with Crippen molar-refractivity contribution < 1.29 is 12.9 Å². The van der Waals surface area contributed by atoms with Crippen LogP contribution in [0.15, 0.2) is 45.8 Å². The van der Waals surface area contributed by atoms with Crippen molar-refractivity contribution >= 4 is 21.6 Å². The zero-order valence-electron chi connectivity index (χ0n) is 15.8. The van der Waals surface area contributed by atoms with Gasteiger partial charge in [0, 0.05) is 23.7 Å². The van der Waals surface area contributed by atoms with Gasteiger partial charge in [-0.3, -0.25) is 0 Å². The Balaban J connectivity index is 1.52. The highest BCUT2D eigenvalue weighted by atomic mass is 35.5. The lowest BCUT2D eigenvalue weighted by Crippen LogP contribution is -2.48. The zero-order chi connectivity index (χ0) is 20.1. The minimum Gasteiger partial charge on any atom is -0.339 e. The van der Waals surface area contributed by atoms with E-state index in [0.717, 1.165) is 22.3 Å². The summed E-state index contributed by atoms with van der Waals surface area (Å²) in [5.74, 6) is 0.782. The number of benzene rings is 2. The SMILES string of the molecule is Cc1cc(C)c(S(=O)(=O)N2CC(c3nc(-c4cccc(Cl)c4)no3)C2)c(C)c1. The predicted octanol–water partition coefficient (Wildman–Crippen LogP) is 4.10. The third-order valence-electron chi connectivity index (χ3n) is 4.92. The maximum absolute atomic E-state index is 13.1. The fourth-order valence-electron chi connectivity index (χ4n) is 3.64. The van der Waals surface area contributed by atoms with Crippen LogP contribution in [0.3, 0.4) is 0 Å². The maximum Gasteiger partial charge on any atom is 0.243 e. The van der Waals surface area contributed by atoms with Crippen molar-refractivity contribution in [3.63, 3.8) is 0 Å². The van der Waals surface area contributed by atoms with Gasteiger partial charge in [0.2, 0.25) is 21.7 Å². The van der Waals surface area contributed by atoms with Gasteiger partial charge in [0.1, 0.15) is 0 Å². The summed E-state index contributed by atoms with van der Waals surface area (Å²) < 4.78 is 32.9. The number of aryl methyl sites for hydroxylation is 3. The van der Waals surface area contributed by atoms with Gasteiger partial charge in [-0.1, -0.05) is 46.6 Å². The molecule has 0 spiro atoms. The Bertz CT molecular complexity index is 1130. The van der Waals surface area contributed by atoms with Gasteiger partial charge in [0.05, 0.1) is 10.8 Å². The van der Waals surface area contributed by atoms with Crippen molar-refractivity contribution in [3.05, 3.63) is 64.0 Å². The zero-order valence-corrected chi connectivity index (χ0v) is 17.4. The van der Waals surface area contributed by atoms with E-state index in [9.17, 15) is 8.42 Å². The third-order valence-corrected chi connectivity index (χ3v) is 7.30. The predicted molar refractivity (Wildman–Crippen MR) is 107 cm³/mol. The van der Waals surface area contributed by atoms with Gasteiger partial charge in [-0.05, 0) is 44.0 Å². The topological polar surface area (TPSA) is 76.3 Å². The average Bonchev–Trinajstić information content (AvgIpc) is 3.01. The number of hydrogen-bond donors (Lipinski definition) is 0. The van der Waals surface area contributed by atoms with Crippen LogP contribution in [-0.2, 0) is 10.0 Å². The molecule has 0 aliphatic carbocycles. The van der Waals surface area contributed by atoms with Crippen LogP contribution in [-0.4, -0.2) is 36.0 Å². The summed E-state index contributed by atoms with van der Waals surface area (Å²) in [5, 5.41) is 4.59. The number of sulfonamides is 1. The van der Waals surface area contributed by atoms with Crippen LogP contribution in [0.4, 0.5) is 0 Å². The molecule has 28 heavy (non-hydrogen) atoms. The van der Waals surface area contributed by atoms with E-state index in [-0.39, 0.29) is 5.92 Å². The van der Waals surface area contributed by atoms with Crippen molar-refractivity contribution in [2.75, 3.05) is 13.1 Å². The van der Waals surface area contributed by atoms with E-state index in [1.807, 2.05) is 45.0 Å². The first-order valence-corrected chi connectivity index (χ1v) is 10.7. The van der Waals surface area contributed by atoms with E-state index in [0.29, 0.717) is 34.7 Å². The van der Waals surface area contributed by atoms with Gasteiger partial charge in [0.25, 0.3) is 0 Å². The second kappa shape index (κ2) is 6.99. The molecular formula is C20H20ClN3O3S. The second-order valence-corrected chi connectivity index (χ2v) is 9.52. The average molecular weight is 418 g/mol.